The second-order valence-corrected chi connectivity index (χ2v) is 7.99. The molecule has 0 saturated heterocycles. The van der Waals surface area contributed by atoms with Crippen LogP contribution in [0.3, 0.4) is 0 Å². The maximum Gasteiger partial charge on any atom is 0.251 e. The summed E-state index contributed by atoms with van der Waals surface area (Å²) in [5.74, 6) is 1.98. The monoisotopic (exact) mass is 445 g/mol. The third-order valence-corrected chi connectivity index (χ3v) is 5.60. The number of rotatable bonds is 8. The Labute approximate surface area is 193 Å². The van der Waals surface area contributed by atoms with Crippen molar-refractivity contribution in [2.45, 2.75) is 32.6 Å². The highest BCUT2D eigenvalue weighted by atomic mass is 16.7. The molecule has 4 rings (SSSR count). The van der Waals surface area contributed by atoms with E-state index in [1.54, 1.807) is 25.4 Å². The zero-order chi connectivity index (χ0) is 23.2. The molecule has 0 unspecified atom stereocenters. The Balaban J connectivity index is 1.27. The number of amides is 2. The van der Waals surface area contributed by atoms with Gasteiger partial charge in [-0.1, -0.05) is 18.2 Å². The molecule has 0 fully saturated rings. The summed E-state index contributed by atoms with van der Waals surface area (Å²) < 4.78 is 10.7. The van der Waals surface area contributed by atoms with Crippen molar-refractivity contribution in [3.63, 3.8) is 0 Å². The Morgan fingerprint density at radius 2 is 1.76 bits per heavy atom. The highest BCUT2D eigenvalue weighted by Gasteiger charge is 2.13. The van der Waals surface area contributed by atoms with Crippen LogP contribution in [0.25, 0.3) is 11.1 Å². The number of fused-ring (bicyclic) bond motifs is 1. The molecule has 2 N–H and O–H groups in total. The third kappa shape index (κ3) is 5.49. The molecule has 2 heterocycles. The third-order valence-electron chi connectivity index (χ3n) is 5.60. The lowest BCUT2D eigenvalue weighted by molar-refractivity contribution is -0.116. The molecule has 170 valence electrons. The molecular formula is C26H27N3O4. The van der Waals surface area contributed by atoms with Crippen LogP contribution in [0.4, 0.5) is 5.82 Å². The molecule has 3 aromatic rings. The number of pyridine rings is 1. The van der Waals surface area contributed by atoms with Gasteiger partial charge in [0.15, 0.2) is 11.5 Å². The van der Waals surface area contributed by atoms with Crippen molar-refractivity contribution >= 4 is 17.6 Å². The summed E-state index contributed by atoms with van der Waals surface area (Å²) in [6.07, 6.45) is 4.75. The Hall–Kier alpha value is -3.87. The second kappa shape index (κ2) is 10.2. The zero-order valence-corrected chi connectivity index (χ0v) is 18.8. The highest BCUT2D eigenvalue weighted by Crippen LogP contribution is 2.33. The van der Waals surface area contributed by atoms with E-state index in [9.17, 15) is 9.59 Å². The number of nitrogens with zero attached hydrogens (tertiary/aromatic N) is 1. The fourth-order valence-corrected chi connectivity index (χ4v) is 3.73. The molecule has 2 aromatic carbocycles. The number of nitrogens with one attached hydrogen (secondary N) is 2. The number of carbonyl (C=O) groups is 2. The molecule has 1 aliphatic heterocycles. The molecule has 0 atom stereocenters. The van der Waals surface area contributed by atoms with Crippen molar-refractivity contribution in [1.29, 1.82) is 0 Å². The van der Waals surface area contributed by atoms with E-state index in [-0.39, 0.29) is 18.6 Å². The van der Waals surface area contributed by atoms with Gasteiger partial charge in [0.1, 0.15) is 5.82 Å². The minimum atomic E-state index is -0.121. The Bertz CT molecular complexity index is 1160. The van der Waals surface area contributed by atoms with Crippen molar-refractivity contribution in [2.24, 2.45) is 0 Å². The SMILES string of the molecule is CNC(=O)c1ccc(-c2cnc(NC(=O)CCCCc3ccc4c(c3)OCO4)c(C)c2)cc1. The van der Waals surface area contributed by atoms with Crippen LogP contribution in [0, 0.1) is 6.92 Å². The number of aromatic nitrogens is 1. The van der Waals surface area contributed by atoms with Gasteiger partial charge in [0, 0.05) is 30.8 Å². The number of benzene rings is 2. The first-order valence-corrected chi connectivity index (χ1v) is 11.0. The summed E-state index contributed by atoms with van der Waals surface area (Å²) in [6.45, 7) is 2.20. The Kier molecular flexibility index (Phi) is 6.88. The van der Waals surface area contributed by atoms with E-state index >= 15 is 0 Å². The Morgan fingerprint density at radius 1 is 0.970 bits per heavy atom. The van der Waals surface area contributed by atoms with Gasteiger partial charge in [-0.05, 0) is 73.2 Å². The van der Waals surface area contributed by atoms with E-state index in [0.29, 0.717) is 17.8 Å². The molecule has 7 heteroatoms. The first kappa shape index (κ1) is 22.3. The minimum absolute atomic E-state index is 0.0426. The number of unbranched alkanes of at least 4 members (excludes halogenated alkanes) is 1. The van der Waals surface area contributed by atoms with Gasteiger partial charge in [0.25, 0.3) is 5.91 Å². The van der Waals surface area contributed by atoms with Crippen molar-refractivity contribution in [3.8, 4) is 22.6 Å². The first-order chi connectivity index (χ1) is 16.0. The summed E-state index contributed by atoms with van der Waals surface area (Å²) >= 11 is 0. The molecule has 7 nitrogen and oxygen atoms in total. The van der Waals surface area contributed by atoms with Gasteiger partial charge >= 0.3 is 0 Å². The van der Waals surface area contributed by atoms with Crippen LogP contribution in [0.5, 0.6) is 11.5 Å². The number of ether oxygens (including phenoxy) is 2. The lowest BCUT2D eigenvalue weighted by Gasteiger charge is -2.10. The van der Waals surface area contributed by atoms with E-state index in [4.69, 9.17) is 9.47 Å². The van der Waals surface area contributed by atoms with Gasteiger partial charge in [0.2, 0.25) is 12.7 Å². The number of anilines is 1. The van der Waals surface area contributed by atoms with Gasteiger partial charge in [0.05, 0.1) is 0 Å². The van der Waals surface area contributed by atoms with Crippen LogP contribution in [0.2, 0.25) is 0 Å². The van der Waals surface area contributed by atoms with E-state index in [1.807, 2.05) is 43.3 Å². The smallest absolute Gasteiger partial charge is 0.251 e. The maximum absolute atomic E-state index is 12.4. The van der Waals surface area contributed by atoms with Crippen LogP contribution in [-0.2, 0) is 11.2 Å². The molecule has 0 spiro atoms. The Morgan fingerprint density at radius 3 is 2.52 bits per heavy atom. The molecule has 33 heavy (non-hydrogen) atoms. The molecule has 0 bridgehead atoms. The van der Waals surface area contributed by atoms with Crippen LogP contribution < -0.4 is 20.1 Å². The summed E-state index contributed by atoms with van der Waals surface area (Å²) in [7, 11) is 1.61. The average Bonchev–Trinajstić information content (AvgIpc) is 3.31. The first-order valence-electron chi connectivity index (χ1n) is 11.0. The lowest BCUT2D eigenvalue weighted by Crippen LogP contribution is -2.17. The zero-order valence-electron chi connectivity index (χ0n) is 18.8. The number of aryl methyl sites for hydroxylation is 2. The molecule has 0 radical (unpaired) electrons. The topological polar surface area (TPSA) is 89.6 Å². The van der Waals surface area contributed by atoms with Crippen molar-refractivity contribution in [1.82, 2.24) is 10.3 Å². The quantitative estimate of drug-likeness (QED) is 0.499. The normalized spacial score (nSPS) is 11.8. The molecular weight excluding hydrogens is 418 g/mol. The molecule has 1 aliphatic rings. The molecule has 2 amide bonds. The summed E-state index contributed by atoms with van der Waals surface area (Å²) in [5.41, 5.74) is 4.55. The minimum Gasteiger partial charge on any atom is -0.454 e. The van der Waals surface area contributed by atoms with E-state index in [0.717, 1.165) is 47.5 Å². The van der Waals surface area contributed by atoms with E-state index in [1.165, 1.54) is 5.56 Å². The highest BCUT2D eigenvalue weighted by molar-refractivity contribution is 5.94. The van der Waals surface area contributed by atoms with Crippen LogP contribution >= 0.6 is 0 Å². The molecule has 0 saturated carbocycles. The predicted molar refractivity (Wildman–Crippen MR) is 127 cm³/mol. The number of carbonyl (C=O) groups excluding carboxylic acids is 2. The van der Waals surface area contributed by atoms with Crippen molar-refractivity contribution < 1.29 is 19.1 Å². The second-order valence-electron chi connectivity index (χ2n) is 7.99. The van der Waals surface area contributed by atoms with Crippen molar-refractivity contribution in [3.05, 3.63) is 71.4 Å². The maximum atomic E-state index is 12.4. The number of hydrogen-bond acceptors (Lipinski definition) is 5. The van der Waals surface area contributed by atoms with Crippen LogP contribution in [0.1, 0.15) is 40.7 Å². The fraction of sp³-hybridized carbons (Fsp3) is 0.269. The summed E-state index contributed by atoms with van der Waals surface area (Å²) in [6, 6.07) is 15.3. The van der Waals surface area contributed by atoms with Gasteiger partial charge in [-0.3, -0.25) is 9.59 Å². The van der Waals surface area contributed by atoms with Gasteiger partial charge in [-0.15, -0.1) is 0 Å². The fourth-order valence-electron chi connectivity index (χ4n) is 3.73. The van der Waals surface area contributed by atoms with Gasteiger partial charge in [-0.25, -0.2) is 4.98 Å². The molecule has 0 aliphatic carbocycles. The largest absolute Gasteiger partial charge is 0.454 e. The summed E-state index contributed by atoms with van der Waals surface area (Å²) in [4.78, 5) is 28.5. The van der Waals surface area contributed by atoms with Crippen LogP contribution in [-0.4, -0.2) is 30.6 Å². The summed E-state index contributed by atoms with van der Waals surface area (Å²) in [5, 5.41) is 5.52. The van der Waals surface area contributed by atoms with E-state index < -0.39 is 0 Å². The van der Waals surface area contributed by atoms with Crippen molar-refractivity contribution in [2.75, 3.05) is 19.2 Å². The predicted octanol–water partition coefficient (Wildman–Crippen LogP) is 4.50. The van der Waals surface area contributed by atoms with Gasteiger partial charge < -0.3 is 20.1 Å². The molecule has 1 aromatic heterocycles. The standard InChI is InChI=1S/C26H27N3O4/c1-17-13-21(19-8-10-20(11-9-19)26(31)27-2)15-28-25(17)29-24(30)6-4-3-5-18-7-12-22-23(14-18)33-16-32-22/h7-15H,3-6,16H2,1-2H3,(H,27,31)(H,28,29,30). The number of hydrogen-bond donors (Lipinski definition) is 2. The van der Waals surface area contributed by atoms with E-state index in [2.05, 4.69) is 15.6 Å². The van der Waals surface area contributed by atoms with Crippen LogP contribution in [0.15, 0.2) is 54.7 Å². The average molecular weight is 446 g/mol. The lowest BCUT2D eigenvalue weighted by atomic mass is 10.0. The van der Waals surface area contributed by atoms with Gasteiger partial charge in [-0.2, -0.15) is 0 Å².